The van der Waals surface area contributed by atoms with Gasteiger partial charge in [-0.1, -0.05) is 36.9 Å². The molecule has 5 atom stereocenters. The number of ether oxygens (including phenoxy) is 3. The Morgan fingerprint density at radius 3 is 2.35 bits per heavy atom. The van der Waals surface area contributed by atoms with Gasteiger partial charge in [0.1, 0.15) is 11.5 Å². The van der Waals surface area contributed by atoms with E-state index >= 15 is 0 Å². The Labute approximate surface area is 125 Å². The molecule has 3 rings (SSSR count). The number of benzene rings is 1. The van der Waals surface area contributed by atoms with Crippen LogP contribution in [0, 0.1) is 5.92 Å². The van der Waals surface area contributed by atoms with Crippen LogP contribution in [0.15, 0.2) is 35.2 Å². The van der Waals surface area contributed by atoms with E-state index in [2.05, 4.69) is 26.0 Å². The zero-order valence-corrected chi connectivity index (χ0v) is 13.2. The smallest absolute Gasteiger partial charge is 0.163 e. The first-order valence-corrected chi connectivity index (χ1v) is 8.07. The SMILES string of the molecule is C[C@@H]1[C@H]2OC(C)(C)O[C@H]2[C@H](Sc2ccccc2)O[C@H]1C. The molecule has 0 spiro atoms. The maximum Gasteiger partial charge on any atom is 0.163 e. The molecular formula is C16H22O3S. The average molecular weight is 294 g/mol. The topological polar surface area (TPSA) is 27.7 Å². The molecule has 0 aliphatic carbocycles. The zero-order chi connectivity index (χ0) is 14.3. The molecule has 0 bridgehead atoms. The second-order valence-electron chi connectivity index (χ2n) is 6.06. The van der Waals surface area contributed by atoms with Gasteiger partial charge in [-0.15, -0.1) is 0 Å². The number of rotatable bonds is 2. The number of fused-ring (bicyclic) bond motifs is 1. The zero-order valence-electron chi connectivity index (χ0n) is 12.4. The van der Waals surface area contributed by atoms with Gasteiger partial charge in [-0.25, -0.2) is 0 Å². The lowest BCUT2D eigenvalue weighted by atomic mass is 9.92. The summed E-state index contributed by atoms with van der Waals surface area (Å²) in [4.78, 5) is 1.20. The van der Waals surface area contributed by atoms with Gasteiger partial charge < -0.3 is 14.2 Å². The molecule has 2 saturated heterocycles. The molecule has 0 saturated carbocycles. The third-order valence-corrected chi connectivity index (χ3v) is 5.19. The van der Waals surface area contributed by atoms with Crippen LogP contribution in [0.4, 0.5) is 0 Å². The highest BCUT2D eigenvalue weighted by molar-refractivity contribution is 7.99. The molecule has 0 aromatic heterocycles. The van der Waals surface area contributed by atoms with Crippen LogP contribution >= 0.6 is 11.8 Å². The van der Waals surface area contributed by atoms with E-state index in [4.69, 9.17) is 14.2 Å². The molecule has 20 heavy (non-hydrogen) atoms. The van der Waals surface area contributed by atoms with E-state index in [1.165, 1.54) is 4.90 Å². The van der Waals surface area contributed by atoms with Gasteiger partial charge in [0, 0.05) is 10.8 Å². The molecule has 1 aromatic rings. The van der Waals surface area contributed by atoms with Crippen LogP contribution in [-0.2, 0) is 14.2 Å². The summed E-state index contributed by atoms with van der Waals surface area (Å²) in [5.41, 5.74) is -0.0182. The predicted molar refractivity (Wildman–Crippen MR) is 79.6 cm³/mol. The van der Waals surface area contributed by atoms with Crippen molar-refractivity contribution in [2.75, 3.05) is 0 Å². The highest BCUT2D eigenvalue weighted by Crippen LogP contribution is 2.44. The van der Waals surface area contributed by atoms with Gasteiger partial charge in [-0.05, 0) is 32.9 Å². The first-order chi connectivity index (χ1) is 9.46. The monoisotopic (exact) mass is 294 g/mol. The highest BCUT2D eigenvalue weighted by atomic mass is 32.2. The van der Waals surface area contributed by atoms with Crippen molar-refractivity contribution in [3.63, 3.8) is 0 Å². The molecule has 2 fully saturated rings. The van der Waals surface area contributed by atoms with Gasteiger partial charge in [-0.3, -0.25) is 0 Å². The van der Waals surface area contributed by atoms with Crippen LogP contribution in [0.1, 0.15) is 27.7 Å². The molecule has 2 aliphatic rings. The molecule has 0 amide bonds. The van der Waals surface area contributed by atoms with Crippen molar-refractivity contribution in [3.05, 3.63) is 30.3 Å². The molecule has 3 nitrogen and oxygen atoms in total. The first-order valence-electron chi connectivity index (χ1n) is 7.19. The number of thioether (sulfide) groups is 1. The first kappa shape index (κ1) is 14.4. The van der Waals surface area contributed by atoms with Gasteiger partial charge in [0.2, 0.25) is 0 Å². The van der Waals surface area contributed by atoms with E-state index in [9.17, 15) is 0 Å². The van der Waals surface area contributed by atoms with Crippen LogP contribution in [0.5, 0.6) is 0 Å². The summed E-state index contributed by atoms with van der Waals surface area (Å²) < 4.78 is 18.3. The van der Waals surface area contributed by atoms with Crippen LogP contribution < -0.4 is 0 Å². The fraction of sp³-hybridized carbons (Fsp3) is 0.625. The van der Waals surface area contributed by atoms with E-state index in [1.54, 1.807) is 11.8 Å². The predicted octanol–water partition coefficient (Wildman–Crippen LogP) is 3.68. The highest BCUT2D eigenvalue weighted by Gasteiger charge is 2.52. The minimum Gasteiger partial charge on any atom is -0.361 e. The lowest BCUT2D eigenvalue weighted by Crippen LogP contribution is -2.49. The minimum absolute atomic E-state index is 0.0126. The summed E-state index contributed by atoms with van der Waals surface area (Å²) in [5.74, 6) is -0.179. The third kappa shape index (κ3) is 2.75. The summed E-state index contributed by atoms with van der Waals surface area (Å²) in [6.07, 6.45) is 0.270. The van der Waals surface area contributed by atoms with Crippen molar-refractivity contribution in [1.29, 1.82) is 0 Å². The minimum atomic E-state index is -0.521. The largest absolute Gasteiger partial charge is 0.361 e. The molecule has 4 heteroatoms. The van der Waals surface area contributed by atoms with Gasteiger partial charge in [0.05, 0.1) is 12.2 Å². The van der Waals surface area contributed by atoms with Gasteiger partial charge in [-0.2, -0.15) is 0 Å². The molecule has 0 radical (unpaired) electrons. The summed E-state index contributed by atoms with van der Waals surface area (Å²) in [6.45, 7) is 8.25. The molecule has 110 valence electrons. The van der Waals surface area contributed by atoms with Crippen molar-refractivity contribution >= 4 is 11.8 Å². The standard InChI is InChI=1S/C16H22O3S/c1-10-11(2)17-15(20-12-8-6-5-7-9-12)14-13(10)18-16(3,4)19-14/h5-11,13-15H,1-4H3/t10-,11-,13+,14+,15-/m0/s1. The van der Waals surface area contributed by atoms with Crippen LogP contribution in [-0.4, -0.2) is 29.5 Å². The average Bonchev–Trinajstić information content (AvgIpc) is 2.73. The summed E-state index contributed by atoms with van der Waals surface area (Å²) in [6, 6.07) is 10.3. The summed E-state index contributed by atoms with van der Waals surface area (Å²) in [7, 11) is 0. The Bertz CT molecular complexity index is 462. The van der Waals surface area contributed by atoms with Gasteiger partial charge >= 0.3 is 0 Å². The molecule has 0 unspecified atom stereocenters. The van der Waals surface area contributed by atoms with E-state index in [1.807, 2.05) is 32.0 Å². The Morgan fingerprint density at radius 2 is 1.65 bits per heavy atom. The van der Waals surface area contributed by atoms with Crippen molar-refractivity contribution in [3.8, 4) is 0 Å². The molecule has 2 heterocycles. The molecule has 0 N–H and O–H groups in total. The number of hydrogen-bond donors (Lipinski definition) is 0. The van der Waals surface area contributed by atoms with Crippen LogP contribution in [0.25, 0.3) is 0 Å². The van der Waals surface area contributed by atoms with Crippen LogP contribution in [0.3, 0.4) is 0 Å². The summed E-state index contributed by atoms with van der Waals surface area (Å²) >= 11 is 1.72. The van der Waals surface area contributed by atoms with Gasteiger partial charge in [0.15, 0.2) is 5.79 Å². The van der Waals surface area contributed by atoms with E-state index in [0.717, 1.165) is 0 Å². The normalized spacial score (nSPS) is 39.5. The Hall–Kier alpha value is -0.550. The number of hydrogen-bond acceptors (Lipinski definition) is 4. The summed E-state index contributed by atoms with van der Waals surface area (Å²) in [5, 5.41) is 0. The van der Waals surface area contributed by atoms with Crippen molar-refractivity contribution in [2.24, 2.45) is 5.92 Å². The lowest BCUT2D eigenvalue weighted by Gasteiger charge is -2.39. The van der Waals surface area contributed by atoms with Crippen molar-refractivity contribution < 1.29 is 14.2 Å². The van der Waals surface area contributed by atoms with Crippen molar-refractivity contribution in [2.45, 2.75) is 62.1 Å². The second kappa shape index (κ2) is 5.34. The quantitative estimate of drug-likeness (QED) is 0.831. The van der Waals surface area contributed by atoms with Gasteiger partial charge in [0.25, 0.3) is 0 Å². The maximum atomic E-state index is 6.17. The second-order valence-corrected chi connectivity index (χ2v) is 7.24. The van der Waals surface area contributed by atoms with E-state index < -0.39 is 5.79 Å². The van der Waals surface area contributed by atoms with E-state index in [0.29, 0.717) is 5.92 Å². The van der Waals surface area contributed by atoms with Crippen LogP contribution in [0.2, 0.25) is 0 Å². The molecule has 2 aliphatic heterocycles. The Morgan fingerprint density at radius 1 is 1.00 bits per heavy atom. The fourth-order valence-corrected chi connectivity index (χ4v) is 4.00. The molecule has 1 aromatic carbocycles. The van der Waals surface area contributed by atoms with Crippen molar-refractivity contribution in [1.82, 2.24) is 0 Å². The third-order valence-electron chi connectivity index (χ3n) is 4.03. The Balaban J connectivity index is 1.80. The van der Waals surface area contributed by atoms with E-state index in [-0.39, 0.29) is 23.7 Å². The lowest BCUT2D eigenvalue weighted by molar-refractivity contribution is -0.149. The molecular weight excluding hydrogens is 272 g/mol. The maximum absolute atomic E-state index is 6.17. The Kier molecular flexibility index (Phi) is 3.84. The fourth-order valence-electron chi connectivity index (χ4n) is 2.84.